The minimum Gasteiger partial charge on any atom is -0.489 e. The molecule has 5 rings (SSSR count). The van der Waals surface area contributed by atoms with Gasteiger partial charge in [-0.2, -0.15) is 10.4 Å². The zero-order valence-corrected chi connectivity index (χ0v) is 17.8. The second-order valence-corrected chi connectivity index (χ2v) is 9.16. The number of pyridine rings is 2. The number of nitriles is 1. The summed E-state index contributed by atoms with van der Waals surface area (Å²) in [6.07, 6.45) is 4.94. The Hall–Kier alpha value is -3.64. The van der Waals surface area contributed by atoms with Crippen LogP contribution in [0.5, 0.6) is 5.75 Å². The molecule has 0 amide bonds. The number of aliphatic hydroxyl groups is 1. The number of carbonyl (C=O) groups is 1. The van der Waals surface area contributed by atoms with E-state index in [2.05, 4.69) is 21.1 Å². The van der Waals surface area contributed by atoms with E-state index in [0.29, 0.717) is 29.9 Å². The Bertz CT molecular complexity index is 1230. The van der Waals surface area contributed by atoms with E-state index in [4.69, 9.17) is 4.74 Å². The molecule has 2 atom stereocenters. The number of carboxylic acids is 1. The van der Waals surface area contributed by atoms with Crippen LogP contribution < -0.4 is 9.64 Å². The molecule has 2 unspecified atom stereocenters. The van der Waals surface area contributed by atoms with Gasteiger partial charge in [-0.25, -0.2) is 9.50 Å². The van der Waals surface area contributed by atoms with Gasteiger partial charge in [0.05, 0.1) is 35.0 Å². The summed E-state index contributed by atoms with van der Waals surface area (Å²) in [7, 11) is 0. The fourth-order valence-corrected chi connectivity index (χ4v) is 4.55. The molecule has 164 valence electrons. The lowest BCUT2D eigenvalue weighted by molar-refractivity contribution is -0.139. The van der Waals surface area contributed by atoms with Crippen LogP contribution in [0.3, 0.4) is 0 Å². The van der Waals surface area contributed by atoms with Crippen LogP contribution in [0.25, 0.3) is 16.6 Å². The van der Waals surface area contributed by atoms with Gasteiger partial charge in [0, 0.05) is 30.4 Å². The number of fused-ring (bicyclic) bond motifs is 2. The standard InChI is InChI=1S/C23H23N5O4/c1-23(2,31)12-32-15-5-16(21-14(6-24)8-26-28(21)9-15)13-3-4-19(25-7-13)27-10-17-18(11-27)20(17)22(29)30/h3-5,7-9,17-18,20,31H,10-12H2,1-2H3,(H,29,30). The molecular formula is C23H23N5O4. The van der Waals surface area contributed by atoms with Crippen LogP contribution in [0.1, 0.15) is 19.4 Å². The third-order valence-electron chi connectivity index (χ3n) is 6.16. The molecule has 1 saturated heterocycles. The minimum atomic E-state index is -0.990. The van der Waals surface area contributed by atoms with Crippen LogP contribution in [0.2, 0.25) is 0 Å². The lowest BCUT2D eigenvalue weighted by atomic mass is 10.1. The lowest BCUT2D eigenvalue weighted by Crippen LogP contribution is -2.27. The summed E-state index contributed by atoms with van der Waals surface area (Å²) in [6.45, 7) is 4.85. The molecular weight excluding hydrogens is 410 g/mol. The van der Waals surface area contributed by atoms with Crippen LogP contribution in [-0.2, 0) is 4.79 Å². The predicted molar refractivity (Wildman–Crippen MR) is 115 cm³/mol. The number of hydrogen-bond acceptors (Lipinski definition) is 7. The van der Waals surface area contributed by atoms with Crippen molar-refractivity contribution < 1.29 is 19.7 Å². The van der Waals surface area contributed by atoms with Crippen molar-refractivity contribution in [2.45, 2.75) is 19.4 Å². The molecule has 9 nitrogen and oxygen atoms in total. The first-order chi connectivity index (χ1) is 15.2. The summed E-state index contributed by atoms with van der Waals surface area (Å²) >= 11 is 0. The predicted octanol–water partition coefficient (Wildman–Crippen LogP) is 2.18. The highest BCUT2D eigenvalue weighted by atomic mass is 16.5. The highest BCUT2D eigenvalue weighted by Gasteiger charge is 2.59. The lowest BCUT2D eigenvalue weighted by Gasteiger charge is -2.20. The SMILES string of the molecule is CC(C)(O)COc1cc(-c2ccc(N3CC4C(C3)C4C(=O)O)nc2)c2c(C#N)cnn2c1. The van der Waals surface area contributed by atoms with Crippen molar-refractivity contribution >= 4 is 17.3 Å². The van der Waals surface area contributed by atoms with Gasteiger partial charge >= 0.3 is 5.97 Å². The van der Waals surface area contributed by atoms with Crippen LogP contribution >= 0.6 is 0 Å². The number of ether oxygens (including phenoxy) is 1. The first-order valence-electron chi connectivity index (χ1n) is 10.5. The number of piperidine rings is 1. The highest BCUT2D eigenvalue weighted by molar-refractivity contribution is 5.85. The Balaban J connectivity index is 1.44. The Labute approximate surface area is 184 Å². The third kappa shape index (κ3) is 3.52. The average molecular weight is 433 g/mol. The van der Waals surface area contributed by atoms with Gasteiger partial charge in [0.15, 0.2) is 0 Å². The number of aliphatic carboxylic acids is 1. The Morgan fingerprint density at radius 3 is 2.66 bits per heavy atom. The first kappa shape index (κ1) is 20.3. The molecule has 2 aliphatic rings. The molecule has 0 aromatic carbocycles. The molecule has 0 bridgehead atoms. The normalized spacial score (nSPS) is 21.9. The Morgan fingerprint density at radius 1 is 1.31 bits per heavy atom. The second kappa shape index (κ2) is 7.21. The highest BCUT2D eigenvalue weighted by Crippen LogP contribution is 2.52. The molecule has 3 aromatic rings. The molecule has 1 aliphatic heterocycles. The van der Waals surface area contributed by atoms with Crippen molar-refractivity contribution in [3.05, 3.63) is 42.4 Å². The molecule has 1 saturated carbocycles. The van der Waals surface area contributed by atoms with Crippen molar-refractivity contribution in [2.24, 2.45) is 17.8 Å². The fraction of sp³-hybridized carbons (Fsp3) is 0.391. The first-order valence-corrected chi connectivity index (χ1v) is 10.5. The maximum Gasteiger partial charge on any atom is 0.307 e. The van der Waals surface area contributed by atoms with Crippen LogP contribution in [0, 0.1) is 29.1 Å². The zero-order valence-electron chi connectivity index (χ0n) is 17.8. The number of anilines is 1. The van der Waals surface area contributed by atoms with Crippen molar-refractivity contribution in [3.63, 3.8) is 0 Å². The van der Waals surface area contributed by atoms with Gasteiger partial charge in [0.1, 0.15) is 24.2 Å². The van der Waals surface area contributed by atoms with E-state index < -0.39 is 11.6 Å². The van der Waals surface area contributed by atoms with Crippen molar-refractivity contribution in [2.75, 3.05) is 24.6 Å². The molecule has 9 heteroatoms. The molecule has 3 aromatic heterocycles. The fourth-order valence-electron chi connectivity index (χ4n) is 4.55. The summed E-state index contributed by atoms with van der Waals surface area (Å²) in [4.78, 5) is 17.9. The summed E-state index contributed by atoms with van der Waals surface area (Å²) < 4.78 is 7.36. The van der Waals surface area contributed by atoms with E-state index in [1.54, 1.807) is 30.8 Å². The van der Waals surface area contributed by atoms with Crippen LogP contribution in [0.15, 0.2) is 36.8 Å². The van der Waals surface area contributed by atoms with Gasteiger partial charge in [-0.1, -0.05) is 0 Å². The Kier molecular flexibility index (Phi) is 4.57. The van der Waals surface area contributed by atoms with Gasteiger partial charge in [-0.3, -0.25) is 4.79 Å². The van der Waals surface area contributed by atoms with E-state index in [0.717, 1.165) is 16.9 Å². The van der Waals surface area contributed by atoms with Gasteiger partial charge in [-0.15, -0.1) is 0 Å². The summed E-state index contributed by atoms with van der Waals surface area (Å²) in [5.74, 6) is 0.839. The molecule has 0 spiro atoms. The van der Waals surface area contributed by atoms with E-state index in [1.807, 2.05) is 18.2 Å². The monoisotopic (exact) mass is 433 g/mol. The van der Waals surface area contributed by atoms with E-state index in [-0.39, 0.29) is 24.4 Å². The van der Waals surface area contributed by atoms with Crippen LogP contribution in [0.4, 0.5) is 5.82 Å². The van der Waals surface area contributed by atoms with Crippen molar-refractivity contribution in [3.8, 4) is 22.9 Å². The largest absolute Gasteiger partial charge is 0.489 e. The topological polar surface area (TPSA) is 124 Å². The van der Waals surface area contributed by atoms with Gasteiger partial charge in [0.2, 0.25) is 0 Å². The minimum absolute atomic E-state index is 0.107. The summed E-state index contributed by atoms with van der Waals surface area (Å²) in [6, 6.07) is 7.85. The molecule has 2 fully saturated rings. The van der Waals surface area contributed by atoms with Crippen molar-refractivity contribution in [1.29, 1.82) is 5.26 Å². The number of carboxylic acid groups (broad SMARTS) is 1. The number of nitrogens with zero attached hydrogens (tertiary/aromatic N) is 5. The number of aromatic nitrogens is 3. The van der Waals surface area contributed by atoms with Gasteiger partial charge in [0.25, 0.3) is 0 Å². The van der Waals surface area contributed by atoms with Crippen molar-refractivity contribution in [1.82, 2.24) is 14.6 Å². The van der Waals surface area contributed by atoms with E-state index in [9.17, 15) is 20.3 Å². The molecule has 2 N–H and O–H groups in total. The maximum absolute atomic E-state index is 11.2. The summed E-state index contributed by atoms with van der Waals surface area (Å²) in [5.41, 5.74) is 1.66. The van der Waals surface area contributed by atoms with Gasteiger partial charge < -0.3 is 19.8 Å². The molecule has 32 heavy (non-hydrogen) atoms. The maximum atomic E-state index is 11.2. The van der Waals surface area contributed by atoms with Gasteiger partial charge in [-0.05, 0) is 43.9 Å². The zero-order chi connectivity index (χ0) is 22.6. The Morgan fingerprint density at radius 2 is 2.06 bits per heavy atom. The van der Waals surface area contributed by atoms with Crippen LogP contribution in [-0.4, -0.2) is 56.1 Å². The quantitative estimate of drug-likeness (QED) is 0.606. The number of rotatable bonds is 6. The number of hydrogen-bond donors (Lipinski definition) is 2. The molecule has 0 radical (unpaired) electrons. The van der Waals surface area contributed by atoms with E-state index in [1.165, 1.54) is 6.20 Å². The summed E-state index contributed by atoms with van der Waals surface area (Å²) in [5, 5.41) is 33.0. The average Bonchev–Trinajstić information content (AvgIpc) is 3.09. The smallest absolute Gasteiger partial charge is 0.307 e. The third-order valence-corrected chi connectivity index (χ3v) is 6.16. The molecule has 1 aliphatic carbocycles. The molecule has 4 heterocycles. The van der Waals surface area contributed by atoms with E-state index >= 15 is 0 Å². The second-order valence-electron chi connectivity index (χ2n) is 9.16.